The second-order valence-corrected chi connectivity index (χ2v) is 7.52. The molecule has 0 radical (unpaired) electrons. The molecule has 0 aliphatic carbocycles. The summed E-state index contributed by atoms with van der Waals surface area (Å²) in [5.74, 6) is -1.31. The van der Waals surface area contributed by atoms with Gasteiger partial charge >= 0.3 is 5.97 Å². The predicted molar refractivity (Wildman–Crippen MR) is 101 cm³/mol. The number of hydrogen-bond donors (Lipinski definition) is 1. The Morgan fingerprint density at radius 2 is 2.11 bits per heavy atom. The quantitative estimate of drug-likeness (QED) is 0.745. The first kappa shape index (κ1) is 17.7. The third kappa shape index (κ3) is 3.33. The highest BCUT2D eigenvalue weighted by molar-refractivity contribution is 7.20. The first-order valence-corrected chi connectivity index (χ1v) is 9.48. The first-order valence-electron chi connectivity index (χ1n) is 8.67. The number of aliphatic carboxylic acids is 1. The monoisotopic (exact) mass is 385 g/mol. The van der Waals surface area contributed by atoms with Gasteiger partial charge in [0.15, 0.2) is 6.04 Å². The van der Waals surface area contributed by atoms with Crippen LogP contribution in [0.1, 0.15) is 20.9 Å². The minimum atomic E-state index is -1.05. The molecular weight excluding hydrogens is 366 g/mol. The molecule has 0 bridgehead atoms. The minimum Gasteiger partial charge on any atom is -0.480 e. The summed E-state index contributed by atoms with van der Waals surface area (Å²) < 4.78 is 7.12. The van der Waals surface area contributed by atoms with Crippen molar-refractivity contribution in [3.8, 4) is 0 Å². The molecule has 0 spiro atoms. The van der Waals surface area contributed by atoms with Crippen LogP contribution in [-0.4, -0.2) is 57.5 Å². The van der Waals surface area contributed by atoms with Crippen molar-refractivity contribution < 1.29 is 19.4 Å². The van der Waals surface area contributed by atoms with E-state index in [2.05, 4.69) is 5.10 Å². The van der Waals surface area contributed by atoms with Crippen molar-refractivity contribution >= 4 is 33.4 Å². The molecular formula is C19H19N3O4S. The average Bonchev–Trinajstić information content (AvgIpc) is 3.23. The standard InChI is InChI=1S/C19H19N3O4S/c1-12-14-9-16(17(23)21-7-8-26-11-15(21)19(24)25)27-18(14)22(20-12)10-13-5-3-2-4-6-13/h2-6,9,15H,7-8,10-11H2,1H3,(H,24,25). The van der Waals surface area contributed by atoms with Gasteiger partial charge in [-0.2, -0.15) is 5.10 Å². The number of amides is 1. The zero-order valence-electron chi connectivity index (χ0n) is 14.8. The van der Waals surface area contributed by atoms with E-state index in [1.165, 1.54) is 16.2 Å². The number of carboxylic acid groups (broad SMARTS) is 1. The molecule has 1 amide bonds. The van der Waals surface area contributed by atoms with Gasteiger partial charge in [-0.25, -0.2) is 4.79 Å². The van der Waals surface area contributed by atoms with Gasteiger partial charge in [0, 0.05) is 11.9 Å². The van der Waals surface area contributed by atoms with E-state index in [0.29, 0.717) is 18.0 Å². The number of aromatic nitrogens is 2. The zero-order valence-corrected chi connectivity index (χ0v) is 15.6. The summed E-state index contributed by atoms with van der Waals surface area (Å²) in [5.41, 5.74) is 1.98. The normalized spacial score (nSPS) is 17.4. The van der Waals surface area contributed by atoms with Crippen molar-refractivity contribution in [2.75, 3.05) is 19.8 Å². The van der Waals surface area contributed by atoms with Gasteiger partial charge in [-0.05, 0) is 18.6 Å². The van der Waals surface area contributed by atoms with E-state index >= 15 is 0 Å². The van der Waals surface area contributed by atoms with Crippen LogP contribution in [0, 0.1) is 6.92 Å². The van der Waals surface area contributed by atoms with Crippen LogP contribution in [0.3, 0.4) is 0 Å². The molecule has 1 aliphatic heterocycles. The van der Waals surface area contributed by atoms with Crippen LogP contribution in [0.4, 0.5) is 0 Å². The summed E-state index contributed by atoms with van der Waals surface area (Å²) in [7, 11) is 0. The molecule has 8 heteroatoms. The largest absolute Gasteiger partial charge is 0.480 e. The maximum Gasteiger partial charge on any atom is 0.328 e. The van der Waals surface area contributed by atoms with E-state index < -0.39 is 12.0 Å². The smallest absolute Gasteiger partial charge is 0.328 e. The number of thiophene rings is 1. The SMILES string of the molecule is Cc1nn(Cc2ccccc2)c2sc(C(=O)N3CCOCC3C(=O)O)cc12. The number of morpholine rings is 1. The Morgan fingerprint density at radius 1 is 1.33 bits per heavy atom. The number of ether oxygens (including phenoxy) is 1. The highest BCUT2D eigenvalue weighted by Crippen LogP contribution is 2.30. The van der Waals surface area contributed by atoms with Crippen LogP contribution >= 0.6 is 11.3 Å². The van der Waals surface area contributed by atoms with E-state index in [1.807, 2.05) is 48.0 Å². The highest BCUT2D eigenvalue weighted by atomic mass is 32.1. The molecule has 140 valence electrons. The molecule has 1 atom stereocenters. The Labute approximate surface area is 159 Å². The average molecular weight is 385 g/mol. The fourth-order valence-electron chi connectivity index (χ4n) is 3.27. The lowest BCUT2D eigenvalue weighted by molar-refractivity contribution is -0.147. The van der Waals surface area contributed by atoms with Crippen molar-refractivity contribution in [3.63, 3.8) is 0 Å². The van der Waals surface area contributed by atoms with Gasteiger partial charge < -0.3 is 14.7 Å². The zero-order chi connectivity index (χ0) is 19.0. The molecule has 2 aromatic heterocycles. The summed E-state index contributed by atoms with van der Waals surface area (Å²) in [6.45, 7) is 3.18. The molecule has 0 saturated carbocycles. The third-order valence-corrected chi connectivity index (χ3v) is 5.80. The van der Waals surface area contributed by atoms with Crippen molar-refractivity contribution in [1.82, 2.24) is 14.7 Å². The fraction of sp³-hybridized carbons (Fsp3) is 0.316. The molecule has 3 heterocycles. The number of carboxylic acids is 1. The van der Waals surface area contributed by atoms with Crippen LogP contribution < -0.4 is 0 Å². The molecule has 1 fully saturated rings. The van der Waals surface area contributed by atoms with E-state index in [4.69, 9.17) is 4.74 Å². The highest BCUT2D eigenvalue weighted by Gasteiger charge is 2.34. The van der Waals surface area contributed by atoms with Crippen molar-refractivity contribution in [2.24, 2.45) is 0 Å². The molecule has 27 heavy (non-hydrogen) atoms. The summed E-state index contributed by atoms with van der Waals surface area (Å²) in [6, 6.07) is 10.9. The molecule has 4 rings (SSSR count). The number of carbonyl (C=O) groups excluding carboxylic acids is 1. The fourth-order valence-corrected chi connectivity index (χ4v) is 4.39. The maximum absolute atomic E-state index is 13.0. The molecule has 1 aliphatic rings. The summed E-state index contributed by atoms with van der Waals surface area (Å²) in [5, 5.41) is 14.9. The lowest BCUT2D eigenvalue weighted by Crippen LogP contribution is -2.52. The van der Waals surface area contributed by atoms with Gasteiger partial charge in [-0.15, -0.1) is 11.3 Å². The Hall–Kier alpha value is -2.71. The second kappa shape index (κ2) is 7.13. The number of hydrogen-bond acceptors (Lipinski definition) is 5. The van der Waals surface area contributed by atoms with E-state index in [1.54, 1.807) is 0 Å². The Morgan fingerprint density at radius 3 is 2.85 bits per heavy atom. The number of carbonyl (C=O) groups is 2. The lowest BCUT2D eigenvalue weighted by Gasteiger charge is -2.32. The number of aryl methyl sites for hydroxylation is 1. The van der Waals surface area contributed by atoms with Gasteiger partial charge in [0.05, 0.1) is 30.3 Å². The van der Waals surface area contributed by atoms with Crippen molar-refractivity contribution in [3.05, 3.63) is 52.5 Å². The van der Waals surface area contributed by atoms with E-state index in [9.17, 15) is 14.7 Å². The van der Waals surface area contributed by atoms with Gasteiger partial charge in [0.25, 0.3) is 5.91 Å². The van der Waals surface area contributed by atoms with Crippen LogP contribution in [0.15, 0.2) is 36.4 Å². The van der Waals surface area contributed by atoms with Crippen molar-refractivity contribution in [1.29, 1.82) is 0 Å². The Bertz CT molecular complexity index is 995. The Balaban J connectivity index is 1.66. The Kier molecular flexibility index (Phi) is 4.67. The first-order chi connectivity index (χ1) is 13.0. The van der Waals surface area contributed by atoms with Crippen LogP contribution in [0.5, 0.6) is 0 Å². The topological polar surface area (TPSA) is 84.7 Å². The minimum absolute atomic E-state index is 0.0206. The molecule has 3 aromatic rings. The van der Waals surface area contributed by atoms with Crippen LogP contribution in [-0.2, 0) is 16.1 Å². The summed E-state index contributed by atoms with van der Waals surface area (Å²) in [4.78, 5) is 27.2. The lowest BCUT2D eigenvalue weighted by atomic mass is 10.2. The number of benzene rings is 1. The van der Waals surface area contributed by atoms with Gasteiger partial charge in [0.1, 0.15) is 4.83 Å². The number of nitrogens with zero attached hydrogens (tertiary/aromatic N) is 3. The second-order valence-electron chi connectivity index (χ2n) is 6.49. The number of rotatable bonds is 4. The molecule has 1 N–H and O–H groups in total. The summed E-state index contributed by atoms with van der Waals surface area (Å²) in [6.07, 6.45) is 0. The van der Waals surface area contributed by atoms with E-state index in [0.717, 1.165) is 21.5 Å². The summed E-state index contributed by atoms with van der Waals surface area (Å²) >= 11 is 1.35. The third-order valence-electron chi connectivity index (χ3n) is 4.67. The molecule has 1 aromatic carbocycles. The number of fused-ring (bicyclic) bond motifs is 1. The van der Waals surface area contributed by atoms with E-state index in [-0.39, 0.29) is 19.1 Å². The molecule has 7 nitrogen and oxygen atoms in total. The predicted octanol–water partition coefficient (Wildman–Crippen LogP) is 2.38. The molecule has 1 unspecified atom stereocenters. The maximum atomic E-state index is 13.0. The van der Waals surface area contributed by atoms with Gasteiger partial charge in [0.2, 0.25) is 0 Å². The molecule has 1 saturated heterocycles. The van der Waals surface area contributed by atoms with Gasteiger partial charge in [-0.1, -0.05) is 30.3 Å². The van der Waals surface area contributed by atoms with Crippen molar-refractivity contribution in [2.45, 2.75) is 19.5 Å². The van der Waals surface area contributed by atoms with Crippen LogP contribution in [0.25, 0.3) is 10.2 Å². The van der Waals surface area contributed by atoms with Gasteiger partial charge in [-0.3, -0.25) is 9.48 Å². The van der Waals surface area contributed by atoms with Crippen LogP contribution in [0.2, 0.25) is 0 Å².